The number of hydrogen-bond donors (Lipinski definition) is 1. The zero-order chi connectivity index (χ0) is 14.5. The van der Waals surface area contributed by atoms with Crippen molar-refractivity contribution < 1.29 is 13.6 Å². The third-order valence-electron chi connectivity index (χ3n) is 3.75. The van der Waals surface area contributed by atoms with Gasteiger partial charge in [-0.25, -0.2) is 8.78 Å². The molecule has 1 aromatic rings. The lowest BCUT2D eigenvalue weighted by atomic mass is 10.0. The van der Waals surface area contributed by atoms with E-state index in [-0.39, 0.29) is 18.4 Å². The zero-order valence-electron chi connectivity index (χ0n) is 11.7. The van der Waals surface area contributed by atoms with Crippen molar-refractivity contribution in [1.29, 1.82) is 0 Å². The van der Waals surface area contributed by atoms with Crippen LogP contribution in [0.4, 0.5) is 8.78 Å². The molecule has 20 heavy (non-hydrogen) atoms. The molecule has 0 radical (unpaired) electrons. The van der Waals surface area contributed by atoms with E-state index in [1.54, 1.807) is 0 Å². The Morgan fingerprint density at radius 3 is 2.60 bits per heavy atom. The van der Waals surface area contributed by atoms with Crippen LogP contribution in [-0.4, -0.2) is 36.5 Å². The summed E-state index contributed by atoms with van der Waals surface area (Å²) in [4.78, 5) is 14.2. The monoisotopic (exact) mass is 282 g/mol. The third kappa shape index (κ3) is 3.54. The second-order valence-corrected chi connectivity index (χ2v) is 5.09. The molecule has 3 nitrogen and oxygen atoms in total. The molecule has 1 heterocycles. The molecule has 0 bridgehead atoms. The molecular weight excluding hydrogens is 262 g/mol. The first-order valence-electron chi connectivity index (χ1n) is 7.06. The van der Waals surface area contributed by atoms with Crippen LogP contribution < -0.4 is 5.32 Å². The van der Waals surface area contributed by atoms with E-state index in [9.17, 15) is 13.6 Å². The lowest BCUT2D eigenvalue weighted by Gasteiger charge is -2.34. The van der Waals surface area contributed by atoms with Crippen LogP contribution in [-0.2, 0) is 11.2 Å². The maximum Gasteiger partial charge on any atom is 0.227 e. The topological polar surface area (TPSA) is 32.3 Å². The highest BCUT2D eigenvalue weighted by Gasteiger charge is 2.24. The van der Waals surface area contributed by atoms with Crippen LogP contribution in [0.1, 0.15) is 25.3 Å². The van der Waals surface area contributed by atoms with Crippen LogP contribution in [0.5, 0.6) is 0 Å². The van der Waals surface area contributed by atoms with Gasteiger partial charge in [0.1, 0.15) is 0 Å². The maximum absolute atomic E-state index is 13.2. The van der Waals surface area contributed by atoms with Gasteiger partial charge in [0, 0.05) is 12.6 Å². The first-order chi connectivity index (χ1) is 9.61. The van der Waals surface area contributed by atoms with Gasteiger partial charge in [-0.15, -0.1) is 0 Å². The van der Waals surface area contributed by atoms with Gasteiger partial charge in [0.05, 0.1) is 6.42 Å². The number of benzene rings is 1. The lowest BCUT2D eigenvalue weighted by Crippen LogP contribution is -2.46. The van der Waals surface area contributed by atoms with Gasteiger partial charge in [-0.1, -0.05) is 6.07 Å². The number of carbonyl (C=O) groups excluding carboxylic acids is 1. The van der Waals surface area contributed by atoms with E-state index in [2.05, 4.69) is 5.32 Å². The standard InChI is InChI=1S/C15H20F2N2O/c1-2-19(12-5-7-18-8-6-12)15(20)10-11-3-4-13(16)14(17)9-11/h3-4,9,12,18H,2,5-8,10H2,1H3. The minimum atomic E-state index is -0.903. The SMILES string of the molecule is CCN(C(=O)Cc1ccc(F)c(F)c1)C1CCNCC1. The summed E-state index contributed by atoms with van der Waals surface area (Å²) >= 11 is 0. The molecule has 1 aromatic carbocycles. The minimum Gasteiger partial charge on any atom is -0.340 e. The van der Waals surface area contributed by atoms with Crippen molar-refractivity contribution in [1.82, 2.24) is 10.2 Å². The Hall–Kier alpha value is -1.49. The fourth-order valence-corrected chi connectivity index (χ4v) is 2.68. The maximum atomic E-state index is 13.2. The first-order valence-corrected chi connectivity index (χ1v) is 7.06. The van der Waals surface area contributed by atoms with Crippen molar-refractivity contribution in [3.8, 4) is 0 Å². The highest BCUT2D eigenvalue weighted by Crippen LogP contribution is 2.15. The van der Waals surface area contributed by atoms with Crippen molar-refractivity contribution in [3.63, 3.8) is 0 Å². The third-order valence-corrected chi connectivity index (χ3v) is 3.75. The minimum absolute atomic E-state index is 0.0228. The van der Waals surface area contributed by atoms with Crippen LogP contribution in [0, 0.1) is 11.6 Å². The summed E-state index contributed by atoms with van der Waals surface area (Å²) in [5.74, 6) is -1.81. The van der Waals surface area contributed by atoms with Gasteiger partial charge in [-0.3, -0.25) is 4.79 Å². The van der Waals surface area contributed by atoms with Crippen LogP contribution in [0.2, 0.25) is 0 Å². The molecule has 1 aliphatic heterocycles. The Bertz CT molecular complexity index is 473. The molecule has 0 unspecified atom stereocenters. The smallest absolute Gasteiger partial charge is 0.227 e. The highest BCUT2D eigenvalue weighted by molar-refractivity contribution is 5.79. The predicted molar refractivity (Wildman–Crippen MR) is 73.3 cm³/mol. The molecule has 1 saturated heterocycles. The van der Waals surface area contributed by atoms with Crippen molar-refractivity contribution in [2.75, 3.05) is 19.6 Å². The van der Waals surface area contributed by atoms with Gasteiger partial charge < -0.3 is 10.2 Å². The highest BCUT2D eigenvalue weighted by atomic mass is 19.2. The van der Waals surface area contributed by atoms with E-state index in [0.29, 0.717) is 12.1 Å². The van der Waals surface area contributed by atoms with Crippen molar-refractivity contribution >= 4 is 5.91 Å². The van der Waals surface area contributed by atoms with E-state index in [0.717, 1.165) is 38.1 Å². The molecule has 110 valence electrons. The number of hydrogen-bond acceptors (Lipinski definition) is 2. The van der Waals surface area contributed by atoms with Crippen molar-refractivity contribution in [3.05, 3.63) is 35.4 Å². The van der Waals surface area contributed by atoms with E-state index < -0.39 is 11.6 Å². The Morgan fingerprint density at radius 2 is 2.00 bits per heavy atom. The van der Waals surface area contributed by atoms with Gasteiger partial charge in [0.25, 0.3) is 0 Å². The normalized spacial score (nSPS) is 16.1. The molecule has 1 amide bonds. The molecule has 0 atom stereocenters. The van der Waals surface area contributed by atoms with Gasteiger partial charge in [0.2, 0.25) is 5.91 Å². The summed E-state index contributed by atoms with van der Waals surface area (Å²) in [6, 6.07) is 3.88. The fraction of sp³-hybridized carbons (Fsp3) is 0.533. The van der Waals surface area contributed by atoms with Crippen molar-refractivity contribution in [2.45, 2.75) is 32.2 Å². The number of carbonyl (C=O) groups is 1. The van der Waals surface area contributed by atoms with Crippen molar-refractivity contribution in [2.24, 2.45) is 0 Å². The quantitative estimate of drug-likeness (QED) is 0.917. The van der Waals surface area contributed by atoms with Gasteiger partial charge in [-0.05, 0) is 50.6 Å². The number of rotatable bonds is 4. The zero-order valence-corrected chi connectivity index (χ0v) is 11.7. The largest absolute Gasteiger partial charge is 0.340 e. The number of likely N-dealkylation sites (N-methyl/N-ethyl adjacent to an activating group) is 1. The molecule has 0 aliphatic carbocycles. The number of piperidine rings is 1. The molecule has 1 fully saturated rings. The summed E-state index contributed by atoms with van der Waals surface area (Å²) in [7, 11) is 0. The van der Waals surface area contributed by atoms with Crippen LogP contribution >= 0.6 is 0 Å². The van der Waals surface area contributed by atoms with Crippen LogP contribution in [0.25, 0.3) is 0 Å². The first kappa shape index (κ1) is 14.9. The molecule has 2 rings (SSSR count). The summed E-state index contributed by atoms with van der Waals surface area (Å²) in [5, 5.41) is 3.27. The lowest BCUT2D eigenvalue weighted by molar-refractivity contribution is -0.133. The number of nitrogens with zero attached hydrogens (tertiary/aromatic N) is 1. The molecule has 0 aromatic heterocycles. The van der Waals surface area contributed by atoms with E-state index in [4.69, 9.17) is 0 Å². The number of nitrogens with one attached hydrogen (secondary N) is 1. The van der Waals surface area contributed by atoms with Gasteiger partial charge >= 0.3 is 0 Å². The Labute approximate surface area is 118 Å². The summed E-state index contributed by atoms with van der Waals surface area (Å²) in [5.41, 5.74) is 0.515. The second-order valence-electron chi connectivity index (χ2n) is 5.09. The van der Waals surface area contributed by atoms with Gasteiger partial charge in [-0.2, -0.15) is 0 Å². The summed E-state index contributed by atoms with van der Waals surface area (Å²) in [6.07, 6.45) is 2.00. The molecule has 1 N–H and O–H groups in total. The molecule has 0 saturated carbocycles. The number of halogens is 2. The van der Waals surface area contributed by atoms with Gasteiger partial charge in [0.15, 0.2) is 11.6 Å². The second kappa shape index (κ2) is 6.79. The Kier molecular flexibility index (Phi) is 5.06. The summed E-state index contributed by atoms with van der Waals surface area (Å²) < 4.78 is 26.0. The Balaban J connectivity index is 2.02. The van der Waals surface area contributed by atoms with E-state index in [1.807, 2.05) is 11.8 Å². The Morgan fingerprint density at radius 1 is 1.30 bits per heavy atom. The van der Waals surface area contributed by atoms with Crippen LogP contribution in [0.15, 0.2) is 18.2 Å². The number of amides is 1. The molecule has 1 aliphatic rings. The molecular formula is C15H20F2N2O. The average molecular weight is 282 g/mol. The molecule has 0 spiro atoms. The average Bonchev–Trinajstić information content (AvgIpc) is 2.45. The molecule has 5 heteroatoms. The van der Waals surface area contributed by atoms with E-state index >= 15 is 0 Å². The summed E-state index contributed by atoms with van der Waals surface area (Å²) in [6.45, 7) is 4.43. The predicted octanol–water partition coefficient (Wildman–Crippen LogP) is 2.11. The van der Waals surface area contributed by atoms with Crippen LogP contribution in [0.3, 0.4) is 0 Å². The fourth-order valence-electron chi connectivity index (χ4n) is 2.68. The van der Waals surface area contributed by atoms with E-state index in [1.165, 1.54) is 6.07 Å².